The van der Waals surface area contributed by atoms with Crippen LogP contribution in [0.3, 0.4) is 0 Å². The zero-order valence-electron chi connectivity index (χ0n) is 11.9. The Balaban J connectivity index is -0.0000000595. The molecule has 0 aromatic carbocycles. The van der Waals surface area contributed by atoms with Crippen LogP contribution in [-0.2, 0) is 4.79 Å². The van der Waals surface area contributed by atoms with E-state index in [4.69, 9.17) is 49.8 Å². The molecule has 0 saturated carbocycles. The van der Waals surface area contributed by atoms with Gasteiger partial charge in [-0.2, -0.15) is 0 Å². The van der Waals surface area contributed by atoms with Gasteiger partial charge in [0.2, 0.25) is 0 Å². The summed E-state index contributed by atoms with van der Waals surface area (Å²) < 4.78 is 0. The first-order valence-corrected chi connectivity index (χ1v) is 4.95. The topological polar surface area (TPSA) is 268 Å². The molecule has 13 nitrogen and oxygen atoms in total. The molecule has 0 unspecified atom stereocenters. The molecule has 134 valence electrons. The van der Waals surface area contributed by atoms with E-state index in [1.807, 2.05) is 6.79 Å². The molecule has 0 rings (SSSR count). The Morgan fingerprint density at radius 1 is 0.773 bits per heavy atom. The van der Waals surface area contributed by atoms with Crippen molar-refractivity contribution in [3.63, 3.8) is 0 Å². The van der Waals surface area contributed by atoms with Gasteiger partial charge in [0.05, 0.1) is 19.8 Å². The standard InChI is InChI=1S/C5H12O3.3CH3NO2.CH2O/c1-5(2-6,3-7)4-8;3*2-1(3)4;1-2/h6-8H,2-4H2,1H3;3*2H2,(H,3,4);1H2. The minimum absolute atomic E-state index is 0.181. The van der Waals surface area contributed by atoms with Crippen molar-refractivity contribution in [1.29, 1.82) is 0 Å². The van der Waals surface area contributed by atoms with Crippen LogP contribution < -0.4 is 17.2 Å². The van der Waals surface area contributed by atoms with Crippen molar-refractivity contribution in [3.8, 4) is 0 Å². The number of hydrogen-bond donors (Lipinski definition) is 9. The molecule has 0 radical (unpaired) electrons. The molecule has 0 aromatic rings. The van der Waals surface area contributed by atoms with E-state index in [1.165, 1.54) is 0 Å². The lowest BCUT2D eigenvalue weighted by Gasteiger charge is -2.20. The maximum atomic E-state index is 8.78. The summed E-state index contributed by atoms with van der Waals surface area (Å²) in [6, 6.07) is 0. The van der Waals surface area contributed by atoms with Crippen LogP contribution in [0, 0.1) is 5.41 Å². The van der Waals surface area contributed by atoms with Crippen molar-refractivity contribution < 1.29 is 49.8 Å². The lowest BCUT2D eigenvalue weighted by molar-refractivity contribution is -0.0980. The smallest absolute Gasteiger partial charge is 0.402 e. The summed E-state index contributed by atoms with van der Waals surface area (Å²) in [7, 11) is 0. The molecule has 0 heterocycles. The second-order valence-corrected chi connectivity index (χ2v) is 3.30. The number of nitrogens with two attached hydrogens (primary N) is 3. The first kappa shape index (κ1) is 31.6. The third-order valence-electron chi connectivity index (χ3n) is 1.15. The molecule has 12 N–H and O–H groups in total. The maximum Gasteiger partial charge on any atom is 0.402 e. The van der Waals surface area contributed by atoms with Gasteiger partial charge in [-0.1, -0.05) is 6.92 Å². The zero-order chi connectivity index (χ0) is 19.4. The van der Waals surface area contributed by atoms with E-state index < -0.39 is 23.7 Å². The Morgan fingerprint density at radius 3 is 0.864 bits per heavy atom. The fraction of sp³-hybridized carbons (Fsp3) is 0.556. The molecule has 0 aliphatic carbocycles. The van der Waals surface area contributed by atoms with Gasteiger partial charge in [-0.05, 0) is 0 Å². The second-order valence-electron chi connectivity index (χ2n) is 3.30. The van der Waals surface area contributed by atoms with Gasteiger partial charge in [-0.25, -0.2) is 14.4 Å². The third kappa shape index (κ3) is 115. The second kappa shape index (κ2) is 23.5. The normalized spacial score (nSPS) is 7.82. The number of rotatable bonds is 3. The average molecular weight is 333 g/mol. The van der Waals surface area contributed by atoms with Crippen LogP contribution in [0.15, 0.2) is 0 Å². The molecule has 0 spiro atoms. The number of primary amides is 3. The van der Waals surface area contributed by atoms with Gasteiger partial charge in [0, 0.05) is 5.41 Å². The van der Waals surface area contributed by atoms with Gasteiger partial charge in [0.1, 0.15) is 6.79 Å². The highest BCUT2D eigenvalue weighted by Crippen LogP contribution is 2.10. The quantitative estimate of drug-likeness (QED) is 0.265. The van der Waals surface area contributed by atoms with E-state index in [0.717, 1.165) is 0 Å². The molecule has 0 saturated heterocycles. The number of aliphatic hydroxyl groups excluding tert-OH is 3. The Morgan fingerprint density at radius 2 is 0.864 bits per heavy atom. The highest BCUT2D eigenvalue weighted by Gasteiger charge is 2.20. The van der Waals surface area contributed by atoms with Gasteiger partial charge in [0.15, 0.2) is 0 Å². The molecule has 22 heavy (non-hydrogen) atoms. The van der Waals surface area contributed by atoms with E-state index in [0.29, 0.717) is 0 Å². The monoisotopic (exact) mass is 333 g/mol. The van der Waals surface area contributed by atoms with Gasteiger partial charge < -0.3 is 52.6 Å². The SMILES string of the molecule is C=O.CC(CO)(CO)CO.NC(=O)O.NC(=O)O.NC(=O)O. The van der Waals surface area contributed by atoms with Gasteiger partial charge >= 0.3 is 18.3 Å². The Bertz CT molecular complexity index is 234. The minimum atomic E-state index is -1.33. The lowest BCUT2D eigenvalue weighted by Crippen LogP contribution is -2.29. The summed E-state index contributed by atoms with van der Waals surface area (Å²) in [6.45, 7) is 3.06. The number of carbonyl (C=O) groups is 4. The summed E-state index contributed by atoms with van der Waals surface area (Å²) in [5.74, 6) is 0. The van der Waals surface area contributed by atoms with E-state index >= 15 is 0 Å². The van der Waals surface area contributed by atoms with E-state index in [2.05, 4.69) is 17.2 Å². The molecule has 13 heteroatoms. The molecule has 0 bridgehead atoms. The predicted molar refractivity (Wildman–Crippen MR) is 73.1 cm³/mol. The average Bonchev–Trinajstić information content (AvgIpc) is 2.38. The van der Waals surface area contributed by atoms with Crippen LogP contribution in [0.2, 0.25) is 0 Å². The summed E-state index contributed by atoms with van der Waals surface area (Å²) in [4.78, 5) is 34.3. The van der Waals surface area contributed by atoms with E-state index in [-0.39, 0.29) is 19.8 Å². The summed E-state index contributed by atoms with van der Waals surface area (Å²) in [6.07, 6.45) is -4.00. The van der Waals surface area contributed by atoms with Crippen molar-refractivity contribution in [2.45, 2.75) is 6.92 Å². The Kier molecular flexibility index (Phi) is 33.7. The van der Waals surface area contributed by atoms with E-state index in [1.54, 1.807) is 6.92 Å². The number of carboxylic acid groups (broad SMARTS) is 3. The van der Waals surface area contributed by atoms with E-state index in [9.17, 15) is 0 Å². The number of carbonyl (C=O) groups excluding carboxylic acids is 1. The molecule has 3 amide bonds. The van der Waals surface area contributed by atoms with Crippen molar-refractivity contribution >= 4 is 25.1 Å². The van der Waals surface area contributed by atoms with Crippen LogP contribution in [0.1, 0.15) is 6.92 Å². The fourth-order valence-corrected chi connectivity index (χ4v) is 0.150. The van der Waals surface area contributed by atoms with Crippen LogP contribution in [0.25, 0.3) is 0 Å². The van der Waals surface area contributed by atoms with Crippen molar-refractivity contribution in [2.75, 3.05) is 19.8 Å². The number of aliphatic hydroxyl groups is 3. The van der Waals surface area contributed by atoms with Crippen LogP contribution in [-0.4, -0.2) is 75.5 Å². The minimum Gasteiger partial charge on any atom is -0.465 e. The fourth-order valence-electron chi connectivity index (χ4n) is 0.150. The van der Waals surface area contributed by atoms with Crippen LogP contribution in [0.5, 0.6) is 0 Å². The predicted octanol–water partition coefficient (Wildman–Crippen LogP) is -2.35. The van der Waals surface area contributed by atoms with Crippen molar-refractivity contribution in [1.82, 2.24) is 0 Å². The molecule has 0 aliphatic rings. The summed E-state index contributed by atoms with van der Waals surface area (Å²) >= 11 is 0. The Hall–Kier alpha value is -2.64. The number of amides is 3. The lowest BCUT2D eigenvalue weighted by atomic mass is 9.95. The zero-order valence-corrected chi connectivity index (χ0v) is 11.9. The molecule has 0 aromatic heterocycles. The molecular weight excluding hydrogens is 310 g/mol. The molecule has 0 aliphatic heterocycles. The van der Waals surface area contributed by atoms with Crippen molar-refractivity contribution in [2.24, 2.45) is 22.6 Å². The van der Waals surface area contributed by atoms with Gasteiger partial charge in [-0.15, -0.1) is 0 Å². The van der Waals surface area contributed by atoms with Crippen LogP contribution in [0.4, 0.5) is 14.4 Å². The first-order chi connectivity index (χ1) is 9.88. The Labute approximate surface area is 125 Å². The summed E-state index contributed by atoms with van der Waals surface area (Å²) in [5.41, 5.74) is 11.4. The summed E-state index contributed by atoms with van der Waals surface area (Å²) in [5, 5.41) is 47.0. The highest BCUT2D eigenvalue weighted by molar-refractivity contribution is 5.62. The molecule has 0 fully saturated rings. The molecule has 0 atom stereocenters. The largest absolute Gasteiger partial charge is 0.465 e. The highest BCUT2D eigenvalue weighted by atomic mass is 16.4. The molecular formula is C9H23N3O10. The first-order valence-electron chi connectivity index (χ1n) is 4.95. The van der Waals surface area contributed by atoms with Crippen LogP contribution >= 0.6 is 0 Å². The maximum absolute atomic E-state index is 8.78. The van der Waals surface area contributed by atoms with Gasteiger partial charge in [0.25, 0.3) is 0 Å². The van der Waals surface area contributed by atoms with Gasteiger partial charge in [-0.3, -0.25) is 0 Å². The third-order valence-corrected chi connectivity index (χ3v) is 1.15. The van der Waals surface area contributed by atoms with Crippen molar-refractivity contribution in [3.05, 3.63) is 0 Å². The number of hydrogen-bond acceptors (Lipinski definition) is 7.